The number of ether oxygens (including phenoxy) is 1. The lowest BCUT2D eigenvalue weighted by atomic mass is 10.1. The molecule has 4 heteroatoms. The zero-order valence-corrected chi connectivity index (χ0v) is 9.86. The summed E-state index contributed by atoms with van der Waals surface area (Å²) >= 11 is 0. The second-order valence-corrected chi connectivity index (χ2v) is 4.25. The van der Waals surface area contributed by atoms with Gasteiger partial charge in [-0.15, -0.1) is 0 Å². The van der Waals surface area contributed by atoms with Crippen LogP contribution in [-0.4, -0.2) is 24.5 Å². The Labute approximate surface area is 96.0 Å². The molecule has 1 heterocycles. The normalized spacial score (nSPS) is 28.6. The maximum atomic E-state index is 11.5. The molecule has 0 fully saturated rings. The lowest BCUT2D eigenvalue weighted by Crippen LogP contribution is -2.37. The zero-order chi connectivity index (χ0) is 12.0. The second kappa shape index (κ2) is 6.30. The molecule has 0 unspecified atom stereocenters. The van der Waals surface area contributed by atoms with Crippen molar-refractivity contribution in [3.63, 3.8) is 0 Å². The number of amides is 1. The van der Waals surface area contributed by atoms with Crippen molar-refractivity contribution in [1.82, 2.24) is 5.32 Å². The quantitative estimate of drug-likeness (QED) is 0.501. The molecule has 0 spiro atoms. The van der Waals surface area contributed by atoms with Crippen molar-refractivity contribution in [2.24, 2.45) is 5.92 Å². The van der Waals surface area contributed by atoms with E-state index < -0.39 is 0 Å². The predicted octanol–water partition coefficient (Wildman–Crippen LogP) is 1.41. The number of carbonyl (C=O) groups excluding carboxylic acids is 2. The van der Waals surface area contributed by atoms with E-state index in [2.05, 4.69) is 5.32 Å². The van der Waals surface area contributed by atoms with Crippen LogP contribution in [0, 0.1) is 5.92 Å². The van der Waals surface area contributed by atoms with Crippen LogP contribution in [0.5, 0.6) is 0 Å². The van der Waals surface area contributed by atoms with E-state index in [-0.39, 0.29) is 30.4 Å². The van der Waals surface area contributed by atoms with Crippen LogP contribution in [0.3, 0.4) is 0 Å². The number of carbonyl (C=O) groups is 2. The monoisotopic (exact) mass is 225 g/mol. The van der Waals surface area contributed by atoms with Gasteiger partial charge in [0.1, 0.15) is 6.61 Å². The first-order valence-electron chi connectivity index (χ1n) is 5.70. The Hall–Kier alpha value is -1.32. The first kappa shape index (κ1) is 12.7. The first-order chi connectivity index (χ1) is 7.59. The third-order valence-electron chi connectivity index (χ3n) is 2.48. The van der Waals surface area contributed by atoms with E-state index in [1.165, 1.54) is 0 Å². The minimum Gasteiger partial charge on any atom is -0.463 e. The van der Waals surface area contributed by atoms with Crippen molar-refractivity contribution in [2.45, 2.75) is 39.2 Å². The number of hydrogen-bond donors (Lipinski definition) is 1. The molecule has 0 radical (unpaired) electrons. The van der Waals surface area contributed by atoms with Gasteiger partial charge in [-0.3, -0.25) is 9.59 Å². The van der Waals surface area contributed by atoms with Gasteiger partial charge in [-0.2, -0.15) is 0 Å². The number of esters is 1. The molecule has 1 aliphatic rings. The van der Waals surface area contributed by atoms with Gasteiger partial charge in [-0.1, -0.05) is 19.1 Å². The predicted molar refractivity (Wildman–Crippen MR) is 60.7 cm³/mol. The van der Waals surface area contributed by atoms with Gasteiger partial charge in [0, 0.05) is 6.42 Å². The van der Waals surface area contributed by atoms with E-state index in [1.54, 1.807) is 0 Å². The van der Waals surface area contributed by atoms with Crippen LogP contribution in [0.4, 0.5) is 0 Å². The van der Waals surface area contributed by atoms with Crippen molar-refractivity contribution in [1.29, 1.82) is 0 Å². The van der Waals surface area contributed by atoms with E-state index in [0.29, 0.717) is 12.8 Å². The molecule has 1 aliphatic heterocycles. The van der Waals surface area contributed by atoms with Crippen molar-refractivity contribution >= 4 is 11.9 Å². The summed E-state index contributed by atoms with van der Waals surface area (Å²) in [5, 5.41) is 2.78. The van der Waals surface area contributed by atoms with Gasteiger partial charge >= 0.3 is 5.97 Å². The summed E-state index contributed by atoms with van der Waals surface area (Å²) in [4.78, 5) is 22.9. The third kappa shape index (κ3) is 4.47. The van der Waals surface area contributed by atoms with Crippen LogP contribution in [0.2, 0.25) is 0 Å². The summed E-state index contributed by atoms with van der Waals surface area (Å²) in [6.07, 6.45) is 5.76. The van der Waals surface area contributed by atoms with Crippen LogP contribution in [0.1, 0.15) is 33.1 Å². The molecule has 16 heavy (non-hydrogen) atoms. The SMILES string of the molecule is C[C@@H]1COC(=O)[C@@H](C)CC=CCCC(=O)N1. The Bertz CT molecular complexity index is 286. The lowest BCUT2D eigenvalue weighted by Gasteiger charge is -2.16. The van der Waals surface area contributed by atoms with Crippen LogP contribution in [-0.2, 0) is 14.3 Å². The molecule has 1 N–H and O–H groups in total. The number of rotatable bonds is 0. The number of allylic oxidation sites excluding steroid dienone is 2. The topological polar surface area (TPSA) is 55.4 Å². The van der Waals surface area contributed by atoms with Crippen molar-refractivity contribution in [3.05, 3.63) is 12.2 Å². The molecular formula is C12H19NO3. The van der Waals surface area contributed by atoms with E-state index in [4.69, 9.17) is 4.74 Å². The number of hydrogen-bond acceptors (Lipinski definition) is 3. The molecule has 1 rings (SSSR count). The van der Waals surface area contributed by atoms with Crippen molar-refractivity contribution in [3.8, 4) is 0 Å². The highest BCUT2D eigenvalue weighted by atomic mass is 16.5. The lowest BCUT2D eigenvalue weighted by molar-refractivity contribution is -0.149. The molecule has 90 valence electrons. The second-order valence-electron chi connectivity index (χ2n) is 4.25. The smallest absolute Gasteiger partial charge is 0.309 e. The molecule has 0 aromatic carbocycles. The first-order valence-corrected chi connectivity index (χ1v) is 5.70. The standard InChI is InChI=1S/C12H19NO3/c1-9-6-4-3-5-7-11(14)13-10(2)8-16-12(9)15/h3-4,9-10H,5-8H2,1-2H3,(H,13,14)/t9-,10+/m0/s1. The third-order valence-corrected chi connectivity index (χ3v) is 2.48. The molecule has 0 aromatic rings. The Kier molecular flexibility index (Phi) is 5.02. The summed E-state index contributed by atoms with van der Waals surface area (Å²) in [6, 6.07) is -0.118. The van der Waals surface area contributed by atoms with Gasteiger partial charge in [0.05, 0.1) is 12.0 Å². The van der Waals surface area contributed by atoms with Crippen molar-refractivity contribution in [2.75, 3.05) is 6.61 Å². The van der Waals surface area contributed by atoms with Gasteiger partial charge in [0.15, 0.2) is 0 Å². The van der Waals surface area contributed by atoms with Gasteiger partial charge in [0.25, 0.3) is 0 Å². The summed E-state index contributed by atoms with van der Waals surface area (Å²) in [5.74, 6) is -0.313. The zero-order valence-electron chi connectivity index (χ0n) is 9.86. The molecule has 4 nitrogen and oxygen atoms in total. The molecule has 0 aliphatic carbocycles. The van der Waals surface area contributed by atoms with E-state index in [9.17, 15) is 9.59 Å². The fourth-order valence-electron chi connectivity index (χ4n) is 1.47. The Morgan fingerprint density at radius 2 is 2.06 bits per heavy atom. The number of cyclic esters (lactones) is 1. The highest BCUT2D eigenvalue weighted by Gasteiger charge is 2.15. The summed E-state index contributed by atoms with van der Waals surface area (Å²) < 4.78 is 5.10. The molecule has 1 amide bonds. The minimum atomic E-state index is -0.202. The van der Waals surface area contributed by atoms with Gasteiger partial charge in [-0.05, 0) is 19.8 Å². The molecule has 0 saturated heterocycles. The Morgan fingerprint density at radius 3 is 2.81 bits per heavy atom. The molecule has 0 bridgehead atoms. The molecule has 0 aromatic heterocycles. The highest BCUT2D eigenvalue weighted by molar-refractivity contribution is 5.76. The summed E-state index contributed by atoms with van der Waals surface area (Å²) in [7, 11) is 0. The van der Waals surface area contributed by atoms with Gasteiger partial charge < -0.3 is 10.1 Å². The van der Waals surface area contributed by atoms with Crippen molar-refractivity contribution < 1.29 is 14.3 Å². The molecule has 0 saturated carbocycles. The fourth-order valence-corrected chi connectivity index (χ4v) is 1.47. The van der Waals surface area contributed by atoms with Gasteiger partial charge in [0.2, 0.25) is 5.91 Å². The van der Waals surface area contributed by atoms with Crippen LogP contribution >= 0.6 is 0 Å². The average Bonchev–Trinajstić information content (AvgIpc) is 2.23. The summed E-state index contributed by atoms with van der Waals surface area (Å²) in [6.45, 7) is 3.93. The van der Waals surface area contributed by atoms with Crippen LogP contribution in [0.15, 0.2) is 12.2 Å². The van der Waals surface area contributed by atoms with E-state index >= 15 is 0 Å². The van der Waals surface area contributed by atoms with E-state index in [0.717, 1.165) is 6.42 Å². The maximum Gasteiger partial charge on any atom is 0.309 e. The van der Waals surface area contributed by atoms with E-state index in [1.807, 2.05) is 26.0 Å². The Balaban J connectivity index is 2.58. The molecular weight excluding hydrogens is 206 g/mol. The fraction of sp³-hybridized carbons (Fsp3) is 0.667. The molecule has 2 atom stereocenters. The van der Waals surface area contributed by atoms with Gasteiger partial charge in [-0.25, -0.2) is 0 Å². The average molecular weight is 225 g/mol. The number of nitrogens with one attached hydrogen (secondary N) is 1. The van der Waals surface area contributed by atoms with Crippen LogP contribution in [0.25, 0.3) is 0 Å². The van der Waals surface area contributed by atoms with Crippen LogP contribution < -0.4 is 5.32 Å². The Morgan fingerprint density at radius 1 is 1.31 bits per heavy atom. The minimum absolute atomic E-state index is 0.00169. The maximum absolute atomic E-state index is 11.5. The highest BCUT2D eigenvalue weighted by Crippen LogP contribution is 2.07. The largest absolute Gasteiger partial charge is 0.463 e. The summed E-state index contributed by atoms with van der Waals surface area (Å²) in [5.41, 5.74) is 0.